The number of aromatic nitrogens is 4. The van der Waals surface area contributed by atoms with Crippen LogP contribution in [0.25, 0.3) is 21.9 Å². The molecule has 0 aliphatic rings. The Labute approximate surface area is 184 Å². The number of carbonyl (C=O) groups is 1. The lowest BCUT2D eigenvalue weighted by molar-refractivity contribution is -0.121. The fraction of sp³-hybridized carbons (Fsp3) is 0.304. The van der Waals surface area contributed by atoms with Gasteiger partial charge >= 0.3 is 0 Å². The molecule has 166 valence electrons. The molecule has 0 unspecified atom stereocenters. The highest BCUT2D eigenvalue weighted by molar-refractivity contribution is 5.82. The van der Waals surface area contributed by atoms with Gasteiger partial charge in [0.2, 0.25) is 5.91 Å². The van der Waals surface area contributed by atoms with Gasteiger partial charge in [0, 0.05) is 19.0 Å². The van der Waals surface area contributed by atoms with E-state index in [1.807, 2.05) is 24.3 Å². The lowest BCUT2D eigenvalue weighted by Gasteiger charge is -2.13. The summed E-state index contributed by atoms with van der Waals surface area (Å²) in [6.45, 7) is 2.08. The summed E-state index contributed by atoms with van der Waals surface area (Å²) in [6.07, 6.45) is 1.44. The molecule has 9 nitrogen and oxygen atoms in total. The third kappa shape index (κ3) is 4.27. The van der Waals surface area contributed by atoms with E-state index < -0.39 is 0 Å². The van der Waals surface area contributed by atoms with Crippen molar-refractivity contribution >= 4 is 27.8 Å². The Balaban J connectivity index is 1.41. The zero-order valence-corrected chi connectivity index (χ0v) is 18.3. The number of rotatable bonds is 8. The van der Waals surface area contributed by atoms with Crippen LogP contribution in [0.2, 0.25) is 0 Å². The summed E-state index contributed by atoms with van der Waals surface area (Å²) in [4.78, 5) is 37.7. The number of carbonyl (C=O) groups excluding carboxylic acids is 1. The molecule has 4 aromatic rings. The Kier molecular flexibility index (Phi) is 6.07. The normalized spacial score (nSPS) is 11.1. The molecule has 4 rings (SSSR count). The van der Waals surface area contributed by atoms with E-state index in [2.05, 4.69) is 20.3 Å². The molecule has 2 heterocycles. The first-order chi connectivity index (χ1) is 15.5. The number of para-hydroxylation sites is 2. The SMILES string of the molecule is COc1cc2nc(C)n(CC(=O)NCCCc3nc4ccccc4[nH]3)c(=O)c2cc1OC. The number of nitrogens with one attached hydrogen (secondary N) is 2. The van der Waals surface area contributed by atoms with Crippen molar-refractivity contribution in [2.24, 2.45) is 0 Å². The number of hydrogen-bond acceptors (Lipinski definition) is 6. The molecule has 9 heteroatoms. The number of H-pyrrole nitrogens is 1. The van der Waals surface area contributed by atoms with Crippen LogP contribution in [0.5, 0.6) is 11.5 Å². The zero-order chi connectivity index (χ0) is 22.7. The molecule has 0 atom stereocenters. The predicted octanol–water partition coefficient (Wildman–Crippen LogP) is 2.35. The van der Waals surface area contributed by atoms with Crippen molar-refractivity contribution in [2.75, 3.05) is 20.8 Å². The van der Waals surface area contributed by atoms with Crippen LogP contribution in [-0.4, -0.2) is 46.2 Å². The van der Waals surface area contributed by atoms with Crippen molar-refractivity contribution in [3.05, 3.63) is 58.4 Å². The molecule has 0 fully saturated rings. The average molecular weight is 435 g/mol. The predicted molar refractivity (Wildman–Crippen MR) is 121 cm³/mol. The monoisotopic (exact) mass is 435 g/mol. The van der Waals surface area contributed by atoms with Crippen LogP contribution in [0.4, 0.5) is 0 Å². The summed E-state index contributed by atoms with van der Waals surface area (Å²) in [5, 5.41) is 3.23. The average Bonchev–Trinajstić information content (AvgIpc) is 3.21. The molecule has 0 aliphatic carbocycles. The van der Waals surface area contributed by atoms with E-state index in [0.29, 0.717) is 41.2 Å². The van der Waals surface area contributed by atoms with Gasteiger partial charge in [-0.3, -0.25) is 14.2 Å². The smallest absolute Gasteiger partial charge is 0.262 e. The van der Waals surface area contributed by atoms with Gasteiger partial charge in [-0.15, -0.1) is 0 Å². The topological polar surface area (TPSA) is 111 Å². The van der Waals surface area contributed by atoms with Crippen molar-refractivity contribution in [1.82, 2.24) is 24.8 Å². The van der Waals surface area contributed by atoms with E-state index >= 15 is 0 Å². The highest BCUT2D eigenvalue weighted by Gasteiger charge is 2.15. The van der Waals surface area contributed by atoms with Crippen molar-refractivity contribution in [3.8, 4) is 11.5 Å². The molecule has 2 aromatic heterocycles. The molecular weight excluding hydrogens is 410 g/mol. The number of methoxy groups -OCH3 is 2. The van der Waals surface area contributed by atoms with E-state index in [-0.39, 0.29) is 18.0 Å². The Bertz CT molecular complexity index is 1310. The quantitative estimate of drug-likeness (QED) is 0.411. The maximum absolute atomic E-state index is 13.0. The third-order valence-electron chi connectivity index (χ3n) is 5.30. The van der Waals surface area contributed by atoms with Gasteiger partial charge in [0.1, 0.15) is 18.2 Å². The number of benzene rings is 2. The minimum Gasteiger partial charge on any atom is -0.493 e. The molecule has 2 N–H and O–H groups in total. The van der Waals surface area contributed by atoms with Crippen LogP contribution in [0, 0.1) is 6.92 Å². The molecule has 0 bridgehead atoms. The Morgan fingerprint density at radius 3 is 2.59 bits per heavy atom. The van der Waals surface area contributed by atoms with Crippen LogP contribution in [0.3, 0.4) is 0 Å². The third-order valence-corrected chi connectivity index (χ3v) is 5.30. The van der Waals surface area contributed by atoms with Crippen LogP contribution < -0.4 is 20.3 Å². The number of aromatic amines is 1. The summed E-state index contributed by atoms with van der Waals surface area (Å²) in [6, 6.07) is 11.1. The van der Waals surface area contributed by atoms with E-state index in [0.717, 1.165) is 23.3 Å². The maximum Gasteiger partial charge on any atom is 0.262 e. The number of ether oxygens (including phenoxy) is 2. The Morgan fingerprint density at radius 1 is 1.09 bits per heavy atom. The van der Waals surface area contributed by atoms with Gasteiger partial charge in [0.15, 0.2) is 11.5 Å². The number of hydrogen-bond donors (Lipinski definition) is 2. The second-order valence-corrected chi connectivity index (χ2v) is 7.43. The molecule has 2 aromatic carbocycles. The van der Waals surface area contributed by atoms with Crippen molar-refractivity contribution in [2.45, 2.75) is 26.3 Å². The molecule has 1 amide bonds. The van der Waals surface area contributed by atoms with E-state index in [9.17, 15) is 9.59 Å². The summed E-state index contributed by atoms with van der Waals surface area (Å²) in [5.74, 6) is 2.01. The van der Waals surface area contributed by atoms with Crippen LogP contribution >= 0.6 is 0 Å². The van der Waals surface area contributed by atoms with Crippen LogP contribution in [0.1, 0.15) is 18.1 Å². The second-order valence-electron chi connectivity index (χ2n) is 7.43. The summed E-state index contributed by atoms with van der Waals surface area (Å²) >= 11 is 0. The summed E-state index contributed by atoms with van der Waals surface area (Å²) in [5.41, 5.74) is 2.12. The fourth-order valence-corrected chi connectivity index (χ4v) is 3.65. The first-order valence-electron chi connectivity index (χ1n) is 10.3. The zero-order valence-electron chi connectivity index (χ0n) is 18.3. The van der Waals surface area contributed by atoms with Gasteiger partial charge in [-0.2, -0.15) is 0 Å². The van der Waals surface area contributed by atoms with E-state index in [1.165, 1.54) is 18.8 Å². The standard InChI is InChI=1S/C23H25N5O4/c1-14-25-18-12-20(32-3)19(31-2)11-15(18)23(30)28(14)13-22(29)24-10-6-9-21-26-16-7-4-5-8-17(16)27-21/h4-5,7-8,11-12H,6,9-10,13H2,1-3H3,(H,24,29)(H,26,27). The van der Waals surface area contributed by atoms with E-state index in [4.69, 9.17) is 9.47 Å². The molecule has 0 saturated carbocycles. The first kappa shape index (κ1) is 21.4. The molecule has 0 saturated heterocycles. The largest absolute Gasteiger partial charge is 0.493 e. The van der Waals surface area contributed by atoms with Gasteiger partial charge in [0.25, 0.3) is 5.56 Å². The number of amides is 1. The van der Waals surface area contributed by atoms with Gasteiger partial charge in [0.05, 0.1) is 36.2 Å². The molecule has 32 heavy (non-hydrogen) atoms. The Hall–Kier alpha value is -3.88. The van der Waals surface area contributed by atoms with Crippen molar-refractivity contribution in [1.29, 1.82) is 0 Å². The summed E-state index contributed by atoms with van der Waals surface area (Å²) < 4.78 is 11.9. The number of fused-ring (bicyclic) bond motifs is 2. The molecule has 0 aliphatic heterocycles. The second kappa shape index (κ2) is 9.09. The minimum atomic E-state index is -0.300. The highest BCUT2D eigenvalue weighted by Crippen LogP contribution is 2.30. The van der Waals surface area contributed by atoms with Gasteiger partial charge in [-0.05, 0) is 31.5 Å². The van der Waals surface area contributed by atoms with E-state index in [1.54, 1.807) is 19.1 Å². The van der Waals surface area contributed by atoms with Gasteiger partial charge < -0.3 is 19.8 Å². The highest BCUT2D eigenvalue weighted by atomic mass is 16.5. The number of aryl methyl sites for hydroxylation is 2. The van der Waals surface area contributed by atoms with Crippen LogP contribution in [-0.2, 0) is 17.8 Å². The molecular formula is C23H25N5O4. The van der Waals surface area contributed by atoms with Crippen molar-refractivity contribution in [3.63, 3.8) is 0 Å². The van der Waals surface area contributed by atoms with Gasteiger partial charge in [-0.1, -0.05) is 12.1 Å². The Morgan fingerprint density at radius 2 is 1.84 bits per heavy atom. The lowest BCUT2D eigenvalue weighted by atomic mass is 10.2. The number of nitrogens with zero attached hydrogens (tertiary/aromatic N) is 3. The minimum absolute atomic E-state index is 0.105. The number of imidazole rings is 1. The van der Waals surface area contributed by atoms with Crippen LogP contribution in [0.15, 0.2) is 41.2 Å². The fourth-order valence-electron chi connectivity index (χ4n) is 3.65. The first-order valence-corrected chi connectivity index (χ1v) is 10.3. The summed E-state index contributed by atoms with van der Waals surface area (Å²) in [7, 11) is 3.03. The molecule has 0 spiro atoms. The van der Waals surface area contributed by atoms with Gasteiger partial charge in [-0.25, -0.2) is 9.97 Å². The lowest BCUT2D eigenvalue weighted by Crippen LogP contribution is -2.34. The van der Waals surface area contributed by atoms with Crippen molar-refractivity contribution < 1.29 is 14.3 Å². The molecule has 0 radical (unpaired) electrons. The maximum atomic E-state index is 13.0.